The molecule has 2 nitrogen and oxygen atoms in total. The highest BCUT2D eigenvalue weighted by Gasteiger charge is 2.16. The van der Waals surface area contributed by atoms with Crippen LogP contribution >= 0.6 is 0 Å². The van der Waals surface area contributed by atoms with Gasteiger partial charge in [-0.3, -0.25) is 0 Å². The van der Waals surface area contributed by atoms with Crippen LogP contribution in [0.4, 0.5) is 0 Å². The SMILES string of the molecule is CCCCCCCc1ccc(-c2ccc(OCC3C=CC(CCCC(C)C)CC3)cc2)cc1.COC. The minimum Gasteiger partial charge on any atom is -0.493 e. The first-order valence-corrected chi connectivity index (χ1v) is 14.5. The molecule has 1 aliphatic carbocycles. The normalized spacial score (nSPS) is 17.1. The fourth-order valence-electron chi connectivity index (χ4n) is 4.85. The Morgan fingerprint density at radius 2 is 1.33 bits per heavy atom. The first kappa shape index (κ1) is 30.2. The summed E-state index contributed by atoms with van der Waals surface area (Å²) in [5.41, 5.74) is 4.01. The Hall–Kier alpha value is -2.06. The molecule has 0 heterocycles. The van der Waals surface area contributed by atoms with E-state index in [1.54, 1.807) is 14.2 Å². The van der Waals surface area contributed by atoms with Gasteiger partial charge in [0.15, 0.2) is 0 Å². The molecule has 0 saturated carbocycles. The molecule has 2 unspecified atom stereocenters. The third-order valence-corrected chi connectivity index (χ3v) is 7.09. The lowest BCUT2D eigenvalue weighted by atomic mass is 9.85. The van der Waals surface area contributed by atoms with Gasteiger partial charge < -0.3 is 9.47 Å². The molecule has 1 aliphatic rings. The Morgan fingerprint density at radius 1 is 0.750 bits per heavy atom. The summed E-state index contributed by atoms with van der Waals surface area (Å²) in [6.45, 7) is 7.71. The van der Waals surface area contributed by atoms with Crippen LogP contribution in [0.5, 0.6) is 5.75 Å². The van der Waals surface area contributed by atoms with Crippen molar-refractivity contribution in [2.45, 2.75) is 91.4 Å². The van der Waals surface area contributed by atoms with E-state index in [4.69, 9.17) is 4.74 Å². The van der Waals surface area contributed by atoms with Crippen LogP contribution in [0.2, 0.25) is 0 Å². The Labute approximate surface area is 222 Å². The molecule has 0 radical (unpaired) electrons. The summed E-state index contributed by atoms with van der Waals surface area (Å²) < 4.78 is 10.4. The van der Waals surface area contributed by atoms with Crippen LogP contribution in [0.3, 0.4) is 0 Å². The van der Waals surface area contributed by atoms with E-state index in [1.807, 2.05) is 0 Å². The summed E-state index contributed by atoms with van der Waals surface area (Å²) >= 11 is 0. The van der Waals surface area contributed by atoms with Crippen LogP contribution in [-0.4, -0.2) is 20.8 Å². The lowest BCUT2D eigenvalue weighted by molar-refractivity contribution is 0.253. The Bertz CT molecular complexity index is 819. The Balaban J connectivity index is 0.00000145. The molecule has 2 aromatic rings. The monoisotopic (exact) mass is 492 g/mol. The maximum absolute atomic E-state index is 6.12. The number of benzene rings is 2. The molecular formula is C34H52O2. The molecule has 2 heteroatoms. The molecule has 3 rings (SSSR count). The van der Waals surface area contributed by atoms with E-state index in [0.717, 1.165) is 24.2 Å². The number of aryl methyl sites for hydroxylation is 1. The van der Waals surface area contributed by atoms with E-state index in [0.29, 0.717) is 5.92 Å². The Morgan fingerprint density at radius 3 is 1.92 bits per heavy atom. The first-order valence-electron chi connectivity index (χ1n) is 14.5. The molecule has 0 spiro atoms. The largest absolute Gasteiger partial charge is 0.493 e. The van der Waals surface area contributed by atoms with Crippen LogP contribution in [0.25, 0.3) is 11.1 Å². The van der Waals surface area contributed by atoms with Crippen molar-refractivity contribution in [2.24, 2.45) is 17.8 Å². The van der Waals surface area contributed by atoms with Gasteiger partial charge in [0, 0.05) is 20.1 Å². The fraction of sp³-hybridized carbons (Fsp3) is 0.588. The molecule has 2 atom stereocenters. The average Bonchev–Trinajstić information content (AvgIpc) is 2.89. The summed E-state index contributed by atoms with van der Waals surface area (Å²) in [5, 5.41) is 0. The van der Waals surface area contributed by atoms with E-state index in [1.165, 1.54) is 87.3 Å². The van der Waals surface area contributed by atoms with Crippen molar-refractivity contribution in [3.05, 3.63) is 66.2 Å². The molecule has 0 fully saturated rings. The zero-order chi connectivity index (χ0) is 26.0. The van der Waals surface area contributed by atoms with Gasteiger partial charge in [0.2, 0.25) is 0 Å². The second kappa shape index (κ2) is 18.2. The quantitative estimate of drug-likeness (QED) is 0.193. The van der Waals surface area contributed by atoms with E-state index in [-0.39, 0.29) is 0 Å². The molecule has 2 aromatic carbocycles. The van der Waals surface area contributed by atoms with E-state index in [2.05, 4.69) is 86.2 Å². The third kappa shape index (κ3) is 12.3. The fourth-order valence-corrected chi connectivity index (χ4v) is 4.85. The van der Waals surface area contributed by atoms with Gasteiger partial charge in [-0.2, -0.15) is 0 Å². The smallest absolute Gasteiger partial charge is 0.119 e. The molecule has 0 saturated heterocycles. The summed E-state index contributed by atoms with van der Waals surface area (Å²) in [6.07, 6.45) is 19.4. The predicted octanol–water partition coefficient (Wildman–Crippen LogP) is 9.92. The topological polar surface area (TPSA) is 18.5 Å². The molecule has 0 aromatic heterocycles. The van der Waals surface area contributed by atoms with Gasteiger partial charge >= 0.3 is 0 Å². The number of hydrogen-bond donors (Lipinski definition) is 0. The van der Waals surface area contributed by atoms with Crippen LogP contribution in [0.15, 0.2) is 60.7 Å². The molecular weight excluding hydrogens is 440 g/mol. The number of allylic oxidation sites excluding steroid dienone is 1. The highest BCUT2D eigenvalue weighted by Crippen LogP contribution is 2.28. The summed E-state index contributed by atoms with van der Waals surface area (Å²) in [7, 11) is 3.25. The maximum atomic E-state index is 6.12. The maximum Gasteiger partial charge on any atom is 0.119 e. The van der Waals surface area contributed by atoms with Crippen molar-refractivity contribution < 1.29 is 9.47 Å². The highest BCUT2D eigenvalue weighted by molar-refractivity contribution is 5.64. The van der Waals surface area contributed by atoms with Crippen molar-refractivity contribution in [3.63, 3.8) is 0 Å². The number of ether oxygens (including phenoxy) is 2. The molecule has 0 aliphatic heterocycles. The summed E-state index contributed by atoms with van der Waals surface area (Å²) in [6, 6.07) is 17.8. The molecule has 0 amide bonds. The molecule has 36 heavy (non-hydrogen) atoms. The van der Waals surface area contributed by atoms with Crippen molar-refractivity contribution >= 4 is 0 Å². The highest BCUT2D eigenvalue weighted by atomic mass is 16.5. The van der Waals surface area contributed by atoms with Crippen LogP contribution < -0.4 is 4.74 Å². The van der Waals surface area contributed by atoms with Crippen molar-refractivity contribution in [2.75, 3.05) is 20.8 Å². The predicted molar refractivity (Wildman–Crippen MR) is 157 cm³/mol. The molecule has 0 bridgehead atoms. The zero-order valence-electron chi connectivity index (χ0n) is 23.8. The second-order valence-electron chi connectivity index (χ2n) is 10.9. The van der Waals surface area contributed by atoms with E-state index >= 15 is 0 Å². The third-order valence-electron chi connectivity index (χ3n) is 7.09. The van der Waals surface area contributed by atoms with Gasteiger partial charge in [0.25, 0.3) is 0 Å². The standard InChI is InChI=1S/C32H46O.C2H6O/c1-4-5-6-7-8-11-27-17-19-30(20-18-27)31-21-23-32(24-22-31)33-25-29-15-13-28(14-16-29)12-9-10-26(2)3;1-3-2/h13,15,17-24,26,28-29H,4-12,14,16,25H2,1-3H3;1-2H3. The number of rotatable bonds is 14. The van der Waals surface area contributed by atoms with Gasteiger partial charge in [-0.15, -0.1) is 0 Å². The summed E-state index contributed by atoms with van der Waals surface area (Å²) in [4.78, 5) is 0. The van der Waals surface area contributed by atoms with Crippen molar-refractivity contribution in [1.82, 2.24) is 0 Å². The van der Waals surface area contributed by atoms with Gasteiger partial charge in [-0.25, -0.2) is 0 Å². The van der Waals surface area contributed by atoms with Crippen LogP contribution in [-0.2, 0) is 11.2 Å². The number of hydrogen-bond acceptors (Lipinski definition) is 2. The van der Waals surface area contributed by atoms with Crippen LogP contribution in [0, 0.1) is 17.8 Å². The minimum absolute atomic E-state index is 0.556. The van der Waals surface area contributed by atoms with E-state index in [9.17, 15) is 0 Å². The van der Waals surface area contributed by atoms with Gasteiger partial charge in [-0.1, -0.05) is 108 Å². The number of unbranched alkanes of at least 4 members (excludes halogenated alkanes) is 4. The van der Waals surface area contributed by atoms with Gasteiger partial charge in [0.05, 0.1) is 6.61 Å². The van der Waals surface area contributed by atoms with Crippen molar-refractivity contribution in [1.29, 1.82) is 0 Å². The van der Waals surface area contributed by atoms with E-state index < -0.39 is 0 Å². The van der Waals surface area contributed by atoms with Gasteiger partial charge in [0.1, 0.15) is 5.75 Å². The Kier molecular flexibility index (Phi) is 15.3. The zero-order valence-corrected chi connectivity index (χ0v) is 23.8. The minimum atomic E-state index is 0.556. The van der Waals surface area contributed by atoms with Crippen molar-refractivity contribution in [3.8, 4) is 16.9 Å². The number of methoxy groups -OCH3 is 1. The second-order valence-corrected chi connectivity index (χ2v) is 10.9. The first-order chi connectivity index (χ1) is 17.5. The molecule has 0 N–H and O–H groups in total. The lowest BCUT2D eigenvalue weighted by Gasteiger charge is -2.23. The summed E-state index contributed by atoms with van der Waals surface area (Å²) in [5.74, 6) is 3.15. The average molecular weight is 493 g/mol. The van der Waals surface area contributed by atoms with Crippen LogP contribution in [0.1, 0.15) is 90.5 Å². The van der Waals surface area contributed by atoms with Gasteiger partial charge in [-0.05, 0) is 72.8 Å². The lowest BCUT2D eigenvalue weighted by Crippen LogP contribution is -2.15. The molecule has 200 valence electrons.